The van der Waals surface area contributed by atoms with E-state index >= 15 is 0 Å². The quantitative estimate of drug-likeness (QED) is 0.0930. The van der Waals surface area contributed by atoms with E-state index < -0.39 is 49.1 Å². The van der Waals surface area contributed by atoms with Crippen LogP contribution in [0.15, 0.2) is 72.1 Å². The second-order valence-electron chi connectivity index (χ2n) is 12.9. The van der Waals surface area contributed by atoms with Gasteiger partial charge < -0.3 is 31.5 Å². The van der Waals surface area contributed by atoms with Crippen molar-refractivity contribution in [2.75, 3.05) is 24.3 Å². The molecule has 3 aromatic carbocycles. The molecule has 5 rings (SSSR count). The Morgan fingerprint density at radius 2 is 1.71 bits per heavy atom. The minimum absolute atomic E-state index is 0.155. The first-order valence-electron chi connectivity index (χ1n) is 16.8. The van der Waals surface area contributed by atoms with E-state index in [-0.39, 0.29) is 37.0 Å². The zero-order valence-corrected chi connectivity index (χ0v) is 30.9. The lowest BCUT2D eigenvalue weighted by atomic mass is 9.98. The Balaban J connectivity index is 1.30. The lowest BCUT2D eigenvalue weighted by molar-refractivity contribution is -0.132. The van der Waals surface area contributed by atoms with Crippen LogP contribution >= 0.6 is 30.7 Å². The number of thioether (sulfide) groups is 1. The standard InChI is InChI=1S/C36H44N5O7PS2/c1-23(42)38-31(18-27-20-51-33-12-5-4-10-29(27)33)35(44)39-28(21-50-22-49(46,47)48)19-41-15-7-6-11-32(41)36(45)40-30(34(37)43)17-24-13-14-25-8-2-3-9-26(25)16-24/h2-5,8-10,12-14,16,20,28,30-32H,6-7,11,15,17-19,21-22H2,1H3,(H2,37,43)(H,38,42)(H,39,44)(H,40,45)(H2,46,47,48). The van der Waals surface area contributed by atoms with Crippen LogP contribution in [0.25, 0.3) is 20.9 Å². The molecule has 272 valence electrons. The second-order valence-corrected chi connectivity index (χ2v) is 17.0. The number of thiophene rings is 1. The number of piperidine rings is 1. The van der Waals surface area contributed by atoms with Crippen LogP contribution in [0.2, 0.25) is 0 Å². The third kappa shape index (κ3) is 11.1. The minimum Gasteiger partial charge on any atom is -0.368 e. The Bertz CT molecular complexity index is 1920. The van der Waals surface area contributed by atoms with E-state index in [0.717, 1.165) is 56.6 Å². The Morgan fingerprint density at radius 3 is 2.45 bits per heavy atom. The summed E-state index contributed by atoms with van der Waals surface area (Å²) in [6.45, 7) is 2.09. The first kappa shape index (κ1) is 38.5. The monoisotopic (exact) mass is 753 g/mol. The van der Waals surface area contributed by atoms with E-state index in [1.807, 2.05) is 77.0 Å². The maximum absolute atomic E-state index is 13.8. The molecule has 1 saturated heterocycles. The first-order chi connectivity index (χ1) is 24.4. The van der Waals surface area contributed by atoms with Crippen LogP contribution in [0.5, 0.6) is 0 Å². The van der Waals surface area contributed by atoms with Crippen LogP contribution in [0.4, 0.5) is 0 Å². The second kappa shape index (κ2) is 17.6. The summed E-state index contributed by atoms with van der Waals surface area (Å²) < 4.78 is 12.7. The Labute approximate surface area is 305 Å². The van der Waals surface area contributed by atoms with Gasteiger partial charge in [0.2, 0.25) is 23.6 Å². The molecule has 0 aliphatic carbocycles. The molecule has 4 unspecified atom stereocenters. The number of likely N-dealkylation sites (tertiary alicyclic amines) is 1. The fraction of sp³-hybridized carbons (Fsp3) is 0.389. The van der Waals surface area contributed by atoms with Gasteiger partial charge in [-0.05, 0) is 58.1 Å². The highest BCUT2D eigenvalue weighted by Crippen LogP contribution is 2.38. The highest BCUT2D eigenvalue weighted by Gasteiger charge is 2.34. The van der Waals surface area contributed by atoms with E-state index in [1.54, 1.807) is 11.3 Å². The van der Waals surface area contributed by atoms with Gasteiger partial charge in [0, 0.05) is 36.8 Å². The van der Waals surface area contributed by atoms with Gasteiger partial charge >= 0.3 is 7.60 Å². The summed E-state index contributed by atoms with van der Waals surface area (Å²) in [6.07, 6.45) is 2.57. The van der Waals surface area contributed by atoms with Crippen LogP contribution in [-0.2, 0) is 36.6 Å². The molecule has 7 N–H and O–H groups in total. The number of amides is 4. The number of nitrogens with zero attached hydrogens (tertiary/aromatic N) is 1. The van der Waals surface area contributed by atoms with Crippen molar-refractivity contribution in [2.24, 2.45) is 5.73 Å². The Hall–Kier alpha value is -3.78. The minimum atomic E-state index is -4.32. The maximum Gasteiger partial charge on any atom is 0.335 e. The van der Waals surface area contributed by atoms with Crippen LogP contribution in [0.3, 0.4) is 0 Å². The maximum atomic E-state index is 13.8. The van der Waals surface area contributed by atoms with Crippen LogP contribution in [-0.4, -0.2) is 86.8 Å². The smallest absolute Gasteiger partial charge is 0.335 e. The van der Waals surface area contributed by atoms with Crippen molar-refractivity contribution in [2.45, 2.75) is 63.2 Å². The Kier molecular flexibility index (Phi) is 13.3. The normalized spacial score (nSPS) is 17.0. The van der Waals surface area contributed by atoms with Crippen molar-refractivity contribution in [1.82, 2.24) is 20.9 Å². The molecule has 4 amide bonds. The number of hydrogen-bond acceptors (Lipinski definition) is 8. The number of nitrogens with one attached hydrogen (secondary N) is 3. The first-order valence-corrected chi connectivity index (χ1v) is 20.7. The van der Waals surface area contributed by atoms with Crippen molar-refractivity contribution in [3.8, 4) is 0 Å². The molecule has 1 aliphatic heterocycles. The van der Waals surface area contributed by atoms with Gasteiger partial charge in [-0.3, -0.25) is 28.6 Å². The van der Waals surface area contributed by atoms with Gasteiger partial charge in [0.15, 0.2) is 0 Å². The number of fused-ring (bicyclic) bond motifs is 2. The van der Waals surface area contributed by atoms with Crippen molar-refractivity contribution < 1.29 is 33.5 Å². The SMILES string of the molecule is CC(=O)NC(Cc1csc2ccccc12)C(=O)NC(CSCP(=O)(O)O)CN1CCCCC1C(=O)NC(Cc1ccc2ccccc2c1)C(N)=O. The molecular weight excluding hydrogens is 710 g/mol. The van der Waals surface area contributed by atoms with Gasteiger partial charge in [0.25, 0.3) is 0 Å². The van der Waals surface area contributed by atoms with E-state index in [4.69, 9.17) is 5.73 Å². The molecule has 1 aliphatic rings. The number of carbonyl (C=O) groups is 4. The van der Waals surface area contributed by atoms with Gasteiger partial charge in [-0.1, -0.05) is 67.1 Å². The van der Waals surface area contributed by atoms with E-state index in [1.165, 1.54) is 6.92 Å². The molecule has 0 spiro atoms. The molecule has 2 heterocycles. The lowest BCUT2D eigenvalue weighted by Crippen LogP contribution is -2.58. The summed E-state index contributed by atoms with van der Waals surface area (Å²) in [5, 5.41) is 13.7. The number of rotatable bonds is 16. The zero-order valence-electron chi connectivity index (χ0n) is 28.3. The number of primary amides is 1. The van der Waals surface area contributed by atoms with Crippen LogP contribution in [0.1, 0.15) is 37.3 Å². The predicted octanol–water partition coefficient (Wildman–Crippen LogP) is 3.52. The highest BCUT2D eigenvalue weighted by molar-refractivity contribution is 8.04. The topological polar surface area (TPSA) is 191 Å². The van der Waals surface area contributed by atoms with E-state index in [2.05, 4.69) is 16.0 Å². The Morgan fingerprint density at radius 1 is 0.961 bits per heavy atom. The summed E-state index contributed by atoms with van der Waals surface area (Å²) in [6, 6.07) is 18.4. The fourth-order valence-corrected chi connectivity index (χ4v) is 9.32. The summed E-state index contributed by atoms with van der Waals surface area (Å²) in [7, 11) is -4.32. The van der Waals surface area contributed by atoms with Crippen molar-refractivity contribution >= 4 is 75.2 Å². The van der Waals surface area contributed by atoms with Crippen LogP contribution < -0.4 is 21.7 Å². The average molecular weight is 754 g/mol. The summed E-state index contributed by atoms with van der Waals surface area (Å²) in [5.41, 5.74) is 7.10. The average Bonchev–Trinajstić information content (AvgIpc) is 3.49. The number of hydrogen-bond donors (Lipinski definition) is 6. The van der Waals surface area contributed by atoms with Crippen molar-refractivity contribution in [3.63, 3.8) is 0 Å². The molecule has 1 fully saturated rings. The molecule has 1 aromatic heterocycles. The number of carbonyl (C=O) groups excluding carboxylic acids is 4. The van der Waals surface area contributed by atoms with Crippen molar-refractivity contribution in [3.05, 3.63) is 83.2 Å². The van der Waals surface area contributed by atoms with E-state index in [9.17, 15) is 33.5 Å². The molecule has 0 bridgehead atoms. The van der Waals surface area contributed by atoms with Gasteiger partial charge in [-0.15, -0.1) is 23.1 Å². The third-order valence-electron chi connectivity index (χ3n) is 8.89. The molecule has 0 radical (unpaired) electrons. The predicted molar refractivity (Wildman–Crippen MR) is 202 cm³/mol. The molecule has 12 nitrogen and oxygen atoms in total. The molecule has 51 heavy (non-hydrogen) atoms. The highest BCUT2D eigenvalue weighted by atomic mass is 32.2. The summed E-state index contributed by atoms with van der Waals surface area (Å²) in [4.78, 5) is 73.3. The summed E-state index contributed by atoms with van der Waals surface area (Å²) in [5.74, 6) is -1.66. The molecule has 15 heteroatoms. The fourth-order valence-electron chi connectivity index (χ4n) is 6.50. The molecule has 4 aromatic rings. The van der Waals surface area contributed by atoms with Crippen LogP contribution in [0, 0.1) is 0 Å². The zero-order chi connectivity index (χ0) is 36.5. The van der Waals surface area contributed by atoms with Gasteiger partial charge in [0.05, 0.1) is 17.6 Å². The van der Waals surface area contributed by atoms with Gasteiger partial charge in [0.1, 0.15) is 12.1 Å². The van der Waals surface area contributed by atoms with Crippen molar-refractivity contribution in [1.29, 1.82) is 0 Å². The van der Waals surface area contributed by atoms with Gasteiger partial charge in [-0.25, -0.2) is 0 Å². The van der Waals surface area contributed by atoms with Gasteiger partial charge in [-0.2, -0.15) is 0 Å². The largest absolute Gasteiger partial charge is 0.368 e. The number of benzene rings is 3. The lowest BCUT2D eigenvalue weighted by Gasteiger charge is -2.38. The molecular formula is C36H44N5O7PS2. The number of nitrogens with two attached hydrogens (primary N) is 1. The molecule has 0 saturated carbocycles. The third-order valence-corrected chi connectivity index (χ3v) is 12.6. The van der Waals surface area contributed by atoms with E-state index in [0.29, 0.717) is 13.0 Å². The summed E-state index contributed by atoms with van der Waals surface area (Å²) >= 11 is 2.56. The molecule has 4 atom stereocenters.